The zero-order valence-corrected chi connectivity index (χ0v) is 14.6. The van der Waals surface area contributed by atoms with Crippen molar-refractivity contribution < 1.29 is 0 Å². The number of rotatable bonds is 7. The van der Waals surface area contributed by atoms with E-state index in [2.05, 4.69) is 36.6 Å². The van der Waals surface area contributed by atoms with Gasteiger partial charge in [-0.05, 0) is 44.6 Å². The molecule has 0 saturated carbocycles. The van der Waals surface area contributed by atoms with Crippen LogP contribution in [0.1, 0.15) is 32.1 Å². The van der Waals surface area contributed by atoms with Gasteiger partial charge in [-0.2, -0.15) is 0 Å². The highest BCUT2D eigenvalue weighted by molar-refractivity contribution is 14.1. The first-order chi connectivity index (χ1) is 9.74. The Kier molecular flexibility index (Phi) is 8.05. The summed E-state index contributed by atoms with van der Waals surface area (Å²) >= 11 is 2.44. The topological polar surface area (TPSA) is 56.6 Å². The molecule has 20 heavy (non-hydrogen) atoms. The van der Waals surface area contributed by atoms with Crippen LogP contribution in [0, 0.1) is 5.92 Å². The van der Waals surface area contributed by atoms with Gasteiger partial charge in [-0.25, -0.2) is 8.12 Å². The molecule has 0 aromatic carbocycles. The lowest BCUT2D eigenvalue weighted by molar-refractivity contribution is 0.202. The first kappa shape index (κ1) is 16.9. The number of hydrazine groups is 1. The lowest BCUT2D eigenvalue weighted by atomic mass is 9.95. The molecule has 0 atom stereocenters. The van der Waals surface area contributed by atoms with Gasteiger partial charge in [0, 0.05) is 68.2 Å². The van der Waals surface area contributed by atoms with Crippen molar-refractivity contribution >= 4 is 22.9 Å². The minimum atomic E-state index is 0.671. The van der Waals surface area contributed by atoms with E-state index in [1.165, 1.54) is 51.7 Å². The number of nitrogens with one attached hydrogen (secondary N) is 2. The lowest BCUT2D eigenvalue weighted by Crippen LogP contribution is -2.46. The van der Waals surface area contributed by atoms with Crippen LogP contribution in [0.5, 0.6) is 0 Å². The minimum absolute atomic E-state index is 0.671. The number of halogens is 1. The number of hydrogen-bond acceptors (Lipinski definition) is 5. The number of nitrogens with two attached hydrogens (primary N) is 1. The molecular weight excluding hydrogens is 365 g/mol. The minimum Gasteiger partial charge on any atom is -0.315 e. The summed E-state index contributed by atoms with van der Waals surface area (Å²) < 4.78 is 2.41. The van der Waals surface area contributed by atoms with E-state index in [1.54, 1.807) is 0 Å². The second-order valence-corrected chi connectivity index (χ2v) is 7.52. The highest BCUT2D eigenvalue weighted by atomic mass is 127. The molecule has 4 N–H and O–H groups in total. The molecule has 2 aliphatic heterocycles. The summed E-state index contributed by atoms with van der Waals surface area (Å²) in [5.41, 5.74) is 0. The number of hydrogen-bond donors (Lipinski definition) is 3. The van der Waals surface area contributed by atoms with Crippen molar-refractivity contribution in [2.45, 2.75) is 38.1 Å². The van der Waals surface area contributed by atoms with E-state index in [9.17, 15) is 0 Å². The Morgan fingerprint density at radius 3 is 2.35 bits per heavy atom. The van der Waals surface area contributed by atoms with E-state index in [1.807, 2.05) is 5.01 Å². The van der Waals surface area contributed by atoms with E-state index >= 15 is 0 Å². The standard InChI is InChI=1S/C14H30IN5/c15-19-9-2-13(3-10-19)1-6-17-7-8-18-14-4-11-20(16)12-5-14/h13-14,17-18H,1-12,16H2. The van der Waals surface area contributed by atoms with Gasteiger partial charge in [0.05, 0.1) is 0 Å². The third-order valence-corrected chi connectivity index (χ3v) is 5.52. The van der Waals surface area contributed by atoms with Gasteiger partial charge in [0.1, 0.15) is 0 Å². The molecule has 2 rings (SSSR count). The summed E-state index contributed by atoms with van der Waals surface area (Å²) in [6, 6.07) is 0.671. The SMILES string of the molecule is NN1CCC(NCCNCCC2CCN(I)CC2)CC1. The predicted octanol–water partition coefficient (Wildman–Crippen LogP) is 0.956. The van der Waals surface area contributed by atoms with Crippen molar-refractivity contribution in [3.05, 3.63) is 0 Å². The van der Waals surface area contributed by atoms with E-state index in [0.717, 1.165) is 32.1 Å². The molecule has 0 aromatic rings. The Balaban J connectivity index is 1.40. The highest BCUT2D eigenvalue weighted by Gasteiger charge is 2.17. The third-order valence-electron chi connectivity index (χ3n) is 4.55. The van der Waals surface area contributed by atoms with Crippen molar-refractivity contribution in [1.29, 1.82) is 0 Å². The fourth-order valence-corrected chi connectivity index (χ4v) is 3.65. The van der Waals surface area contributed by atoms with Crippen LogP contribution in [0.15, 0.2) is 0 Å². The fourth-order valence-electron chi connectivity index (χ4n) is 3.09. The molecule has 6 heteroatoms. The highest BCUT2D eigenvalue weighted by Crippen LogP contribution is 2.21. The normalized spacial score (nSPS) is 24.3. The zero-order valence-electron chi connectivity index (χ0n) is 12.5. The second-order valence-electron chi connectivity index (χ2n) is 6.16. The molecule has 2 heterocycles. The predicted molar refractivity (Wildman–Crippen MR) is 92.6 cm³/mol. The van der Waals surface area contributed by atoms with Gasteiger partial charge in [0.2, 0.25) is 0 Å². The molecule has 0 bridgehead atoms. The van der Waals surface area contributed by atoms with Crippen LogP contribution in [0.2, 0.25) is 0 Å². The quantitative estimate of drug-likeness (QED) is 0.260. The maximum atomic E-state index is 5.76. The maximum Gasteiger partial charge on any atom is 0.0201 e. The van der Waals surface area contributed by atoms with E-state index in [-0.39, 0.29) is 0 Å². The lowest BCUT2D eigenvalue weighted by Gasteiger charge is -2.29. The number of piperidine rings is 2. The molecule has 2 fully saturated rings. The van der Waals surface area contributed by atoms with Crippen LogP contribution < -0.4 is 16.5 Å². The summed E-state index contributed by atoms with van der Waals surface area (Å²) in [5, 5.41) is 9.14. The number of nitrogens with zero attached hydrogens (tertiary/aromatic N) is 2. The van der Waals surface area contributed by atoms with Crippen molar-refractivity contribution in [3.8, 4) is 0 Å². The Labute approximate surface area is 137 Å². The van der Waals surface area contributed by atoms with Gasteiger partial charge in [0.15, 0.2) is 0 Å². The van der Waals surface area contributed by atoms with E-state index in [0.29, 0.717) is 6.04 Å². The Hall–Kier alpha value is 0.530. The maximum absolute atomic E-state index is 5.76. The smallest absolute Gasteiger partial charge is 0.0201 e. The van der Waals surface area contributed by atoms with Crippen LogP contribution in [0.25, 0.3) is 0 Å². The summed E-state index contributed by atoms with van der Waals surface area (Å²) in [7, 11) is 0. The Bertz CT molecular complexity index is 224. The summed E-state index contributed by atoms with van der Waals surface area (Å²) in [4.78, 5) is 0. The molecular formula is C14H30IN5. The largest absolute Gasteiger partial charge is 0.315 e. The average Bonchev–Trinajstić information content (AvgIpc) is 2.46. The second kappa shape index (κ2) is 9.53. The first-order valence-corrected chi connectivity index (χ1v) is 9.05. The molecule has 0 aliphatic carbocycles. The Morgan fingerprint density at radius 1 is 0.950 bits per heavy atom. The van der Waals surface area contributed by atoms with E-state index < -0.39 is 0 Å². The van der Waals surface area contributed by atoms with Gasteiger partial charge in [-0.1, -0.05) is 0 Å². The zero-order chi connectivity index (χ0) is 14.2. The van der Waals surface area contributed by atoms with Gasteiger partial charge < -0.3 is 10.6 Å². The van der Waals surface area contributed by atoms with Crippen LogP contribution in [-0.2, 0) is 0 Å². The molecule has 0 aromatic heterocycles. The molecule has 0 spiro atoms. The van der Waals surface area contributed by atoms with Gasteiger partial charge in [-0.3, -0.25) is 5.84 Å². The van der Waals surface area contributed by atoms with Crippen molar-refractivity contribution in [3.63, 3.8) is 0 Å². The van der Waals surface area contributed by atoms with Gasteiger partial charge in [-0.15, -0.1) is 0 Å². The van der Waals surface area contributed by atoms with E-state index in [4.69, 9.17) is 5.84 Å². The van der Waals surface area contributed by atoms with Gasteiger partial charge >= 0.3 is 0 Å². The average molecular weight is 395 g/mol. The summed E-state index contributed by atoms with van der Waals surface area (Å²) in [5.74, 6) is 6.70. The molecule has 0 amide bonds. The Morgan fingerprint density at radius 2 is 1.65 bits per heavy atom. The van der Waals surface area contributed by atoms with Crippen LogP contribution >= 0.6 is 22.9 Å². The van der Waals surface area contributed by atoms with Crippen molar-refractivity contribution in [2.75, 3.05) is 45.8 Å². The summed E-state index contributed by atoms with van der Waals surface area (Å²) in [6.45, 7) is 7.95. The first-order valence-electron chi connectivity index (χ1n) is 8.08. The molecule has 5 nitrogen and oxygen atoms in total. The van der Waals surface area contributed by atoms with Crippen LogP contribution in [0.4, 0.5) is 0 Å². The monoisotopic (exact) mass is 395 g/mol. The van der Waals surface area contributed by atoms with Crippen molar-refractivity contribution in [1.82, 2.24) is 18.8 Å². The fraction of sp³-hybridized carbons (Fsp3) is 1.00. The van der Waals surface area contributed by atoms with Crippen LogP contribution in [0.3, 0.4) is 0 Å². The summed E-state index contributed by atoms with van der Waals surface area (Å²) in [6.07, 6.45) is 6.47. The molecule has 2 saturated heterocycles. The molecule has 2 aliphatic rings. The van der Waals surface area contributed by atoms with Gasteiger partial charge in [0.25, 0.3) is 0 Å². The third kappa shape index (κ3) is 6.53. The molecule has 0 unspecified atom stereocenters. The molecule has 0 radical (unpaired) electrons. The van der Waals surface area contributed by atoms with Crippen LogP contribution in [-0.4, -0.2) is 60.0 Å². The molecule has 118 valence electrons. The van der Waals surface area contributed by atoms with Crippen molar-refractivity contribution in [2.24, 2.45) is 11.8 Å².